The Kier molecular flexibility index (Phi) is 12.9. The number of hydrogen-bond donors (Lipinski definition) is 1. The third kappa shape index (κ3) is 10.8. The molecule has 2 atom stereocenters. The predicted molar refractivity (Wildman–Crippen MR) is 146 cm³/mol. The van der Waals surface area contributed by atoms with Crippen LogP contribution in [-0.4, -0.2) is 56.4 Å². The molecule has 1 aliphatic rings. The largest absolute Gasteiger partial charge is 0.494 e. The summed E-state index contributed by atoms with van der Waals surface area (Å²) in [6.07, 6.45) is 4.48. The van der Waals surface area contributed by atoms with E-state index >= 15 is 0 Å². The van der Waals surface area contributed by atoms with E-state index in [1.807, 2.05) is 20.8 Å². The quantitative estimate of drug-likeness (QED) is 0.286. The molecule has 1 amide bonds. The SMILES string of the molecule is CCOC(=O)C[C@H](CCOc1ccc(Cl)cc1)NC(=O)C1(C[C@@H](CCOC)C(=O)OC(C)(C)C)CCCC1. The lowest BCUT2D eigenvalue weighted by molar-refractivity contribution is -0.162. The topological polar surface area (TPSA) is 100 Å². The summed E-state index contributed by atoms with van der Waals surface area (Å²) >= 11 is 5.94. The van der Waals surface area contributed by atoms with Gasteiger partial charge in [0.15, 0.2) is 0 Å². The number of methoxy groups -OCH3 is 1. The molecule has 0 unspecified atom stereocenters. The molecule has 1 fully saturated rings. The molecule has 9 heteroatoms. The highest BCUT2D eigenvalue weighted by Gasteiger charge is 2.45. The lowest BCUT2D eigenvalue weighted by atomic mass is 9.75. The Morgan fingerprint density at radius 3 is 2.29 bits per heavy atom. The fraction of sp³-hybridized carbons (Fsp3) is 0.690. The summed E-state index contributed by atoms with van der Waals surface area (Å²) in [5.41, 5.74) is -1.33. The van der Waals surface area contributed by atoms with Gasteiger partial charge < -0.3 is 24.3 Å². The van der Waals surface area contributed by atoms with Crippen LogP contribution >= 0.6 is 11.6 Å². The van der Waals surface area contributed by atoms with Gasteiger partial charge >= 0.3 is 11.9 Å². The predicted octanol–water partition coefficient (Wildman–Crippen LogP) is 5.49. The molecular formula is C29H44ClNO7. The average molecular weight is 554 g/mol. The zero-order valence-electron chi connectivity index (χ0n) is 23.5. The van der Waals surface area contributed by atoms with Gasteiger partial charge in [0.05, 0.1) is 31.0 Å². The van der Waals surface area contributed by atoms with Gasteiger partial charge in [0.1, 0.15) is 11.4 Å². The van der Waals surface area contributed by atoms with Crippen LogP contribution < -0.4 is 10.1 Å². The molecule has 0 heterocycles. The minimum absolute atomic E-state index is 0.0405. The summed E-state index contributed by atoms with van der Waals surface area (Å²) in [5, 5.41) is 3.72. The second-order valence-electron chi connectivity index (χ2n) is 11.0. The highest BCUT2D eigenvalue weighted by molar-refractivity contribution is 6.30. The molecule has 1 aromatic carbocycles. The van der Waals surface area contributed by atoms with Gasteiger partial charge in [-0.25, -0.2) is 0 Å². The molecule has 0 spiro atoms. The molecule has 0 aromatic heterocycles. The van der Waals surface area contributed by atoms with Crippen LogP contribution in [0.3, 0.4) is 0 Å². The lowest BCUT2D eigenvalue weighted by Crippen LogP contribution is -2.47. The van der Waals surface area contributed by atoms with Crippen molar-refractivity contribution < 1.29 is 33.3 Å². The number of esters is 2. The Balaban J connectivity index is 2.14. The first kappa shape index (κ1) is 31.9. The maximum atomic E-state index is 13.8. The van der Waals surface area contributed by atoms with E-state index in [1.165, 1.54) is 0 Å². The van der Waals surface area contributed by atoms with Crippen LogP contribution in [-0.2, 0) is 28.6 Å². The van der Waals surface area contributed by atoms with Crippen molar-refractivity contribution in [1.82, 2.24) is 5.32 Å². The second-order valence-corrected chi connectivity index (χ2v) is 11.4. The van der Waals surface area contributed by atoms with Crippen LogP contribution in [0.25, 0.3) is 0 Å². The monoisotopic (exact) mass is 553 g/mol. The molecule has 8 nitrogen and oxygen atoms in total. The molecule has 38 heavy (non-hydrogen) atoms. The number of carbonyl (C=O) groups excluding carboxylic acids is 3. The van der Waals surface area contributed by atoms with Gasteiger partial charge in [-0.3, -0.25) is 14.4 Å². The number of rotatable bonds is 15. The van der Waals surface area contributed by atoms with Crippen molar-refractivity contribution in [3.63, 3.8) is 0 Å². The van der Waals surface area contributed by atoms with Crippen LogP contribution in [0.1, 0.15) is 79.1 Å². The van der Waals surface area contributed by atoms with Gasteiger partial charge in [-0.05, 0) is 77.6 Å². The molecule has 0 saturated heterocycles. The summed E-state index contributed by atoms with van der Waals surface area (Å²) in [5.74, 6) is -0.637. The number of ether oxygens (including phenoxy) is 4. The van der Waals surface area contributed by atoms with Crippen molar-refractivity contribution in [1.29, 1.82) is 0 Å². The fourth-order valence-corrected chi connectivity index (χ4v) is 4.96. The minimum Gasteiger partial charge on any atom is -0.494 e. The number of nitrogens with one attached hydrogen (secondary N) is 1. The van der Waals surface area contributed by atoms with Crippen molar-refractivity contribution in [2.24, 2.45) is 11.3 Å². The van der Waals surface area contributed by atoms with E-state index in [4.69, 9.17) is 30.5 Å². The Bertz CT molecular complexity index is 891. The molecule has 214 valence electrons. The number of hydrogen-bond acceptors (Lipinski definition) is 7. The van der Waals surface area contributed by atoms with Gasteiger partial charge in [0.2, 0.25) is 5.91 Å². The second kappa shape index (κ2) is 15.3. The van der Waals surface area contributed by atoms with Gasteiger partial charge in [0, 0.05) is 31.2 Å². The third-order valence-electron chi connectivity index (χ3n) is 6.69. The van der Waals surface area contributed by atoms with E-state index in [2.05, 4.69) is 5.32 Å². The first-order valence-electron chi connectivity index (χ1n) is 13.5. The van der Waals surface area contributed by atoms with Crippen molar-refractivity contribution in [3.8, 4) is 5.75 Å². The molecule has 1 aliphatic carbocycles. The van der Waals surface area contributed by atoms with E-state index in [0.29, 0.717) is 56.1 Å². The van der Waals surface area contributed by atoms with Gasteiger partial charge in [-0.2, -0.15) is 0 Å². The molecule has 1 N–H and O–H groups in total. The summed E-state index contributed by atoms with van der Waals surface area (Å²) in [6, 6.07) is 6.55. The van der Waals surface area contributed by atoms with E-state index in [0.717, 1.165) is 12.8 Å². The zero-order valence-corrected chi connectivity index (χ0v) is 24.2. The Morgan fingerprint density at radius 1 is 1.05 bits per heavy atom. The van der Waals surface area contributed by atoms with Crippen LogP contribution in [0.2, 0.25) is 5.02 Å². The Morgan fingerprint density at radius 2 is 1.71 bits per heavy atom. The van der Waals surface area contributed by atoms with Gasteiger partial charge in [-0.1, -0.05) is 24.4 Å². The van der Waals surface area contributed by atoms with Gasteiger partial charge in [0.25, 0.3) is 0 Å². The number of amides is 1. The lowest BCUT2D eigenvalue weighted by Gasteiger charge is -2.34. The third-order valence-corrected chi connectivity index (χ3v) is 6.94. The van der Waals surface area contributed by atoms with Crippen LogP contribution in [0.4, 0.5) is 0 Å². The molecular weight excluding hydrogens is 510 g/mol. The summed E-state index contributed by atoms with van der Waals surface area (Å²) in [7, 11) is 1.59. The highest BCUT2D eigenvalue weighted by atomic mass is 35.5. The van der Waals surface area contributed by atoms with Crippen LogP contribution in [0, 0.1) is 11.3 Å². The maximum absolute atomic E-state index is 13.8. The van der Waals surface area contributed by atoms with Gasteiger partial charge in [-0.15, -0.1) is 0 Å². The first-order valence-corrected chi connectivity index (χ1v) is 13.9. The minimum atomic E-state index is -0.709. The molecule has 1 aromatic rings. The summed E-state index contributed by atoms with van der Waals surface area (Å²) in [6.45, 7) is 8.22. The van der Waals surface area contributed by atoms with Crippen LogP contribution in [0.15, 0.2) is 24.3 Å². The molecule has 0 bridgehead atoms. The van der Waals surface area contributed by atoms with Crippen molar-refractivity contribution >= 4 is 29.4 Å². The zero-order chi connectivity index (χ0) is 28.2. The van der Waals surface area contributed by atoms with E-state index < -0.39 is 23.0 Å². The van der Waals surface area contributed by atoms with Crippen molar-refractivity contribution in [2.75, 3.05) is 26.9 Å². The fourth-order valence-electron chi connectivity index (χ4n) is 4.83. The normalized spacial score (nSPS) is 16.4. The van der Waals surface area contributed by atoms with E-state index in [9.17, 15) is 14.4 Å². The molecule has 0 aliphatic heterocycles. The van der Waals surface area contributed by atoms with E-state index in [1.54, 1.807) is 38.3 Å². The average Bonchev–Trinajstić information content (AvgIpc) is 3.32. The summed E-state index contributed by atoms with van der Waals surface area (Å²) < 4.78 is 21.9. The smallest absolute Gasteiger partial charge is 0.309 e. The van der Waals surface area contributed by atoms with Crippen LogP contribution in [0.5, 0.6) is 5.75 Å². The molecule has 2 rings (SSSR count). The number of benzene rings is 1. The standard InChI is InChI=1S/C29H44ClNO7/c1-6-36-25(32)19-23(14-18-37-24-11-9-22(30)10-12-24)31-27(34)29(15-7-8-16-29)20-21(13-17-35-5)26(33)38-28(2,3)4/h9-12,21,23H,6-8,13-20H2,1-5H3,(H,31,34)/t21-,23+/m1/s1. The molecule has 0 radical (unpaired) electrons. The molecule has 1 saturated carbocycles. The van der Waals surface area contributed by atoms with E-state index in [-0.39, 0.29) is 30.9 Å². The van der Waals surface area contributed by atoms with Crippen molar-refractivity contribution in [3.05, 3.63) is 29.3 Å². The van der Waals surface area contributed by atoms with Crippen molar-refractivity contribution in [2.45, 2.75) is 90.7 Å². The first-order chi connectivity index (χ1) is 18.0. The number of carbonyl (C=O) groups is 3. The maximum Gasteiger partial charge on any atom is 0.309 e. The Labute approximate surface area is 232 Å². The number of halogens is 1. The Hall–Kier alpha value is -2.32. The summed E-state index contributed by atoms with van der Waals surface area (Å²) in [4.78, 5) is 39.2. The highest BCUT2D eigenvalue weighted by Crippen LogP contribution is 2.44.